The van der Waals surface area contributed by atoms with Gasteiger partial charge in [-0.1, -0.05) is 0 Å². The molecular formula is C24H29N3O7. The molecule has 0 unspecified atom stereocenters. The average molecular weight is 472 g/mol. The largest absolute Gasteiger partial charge is 0.508 e. The summed E-state index contributed by atoms with van der Waals surface area (Å²) in [5.74, 6) is -6.52. The zero-order valence-corrected chi connectivity index (χ0v) is 19.5. The van der Waals surface area contributed by atoms with Crippen molar-refractivity contribution in [3.8, 4) is 5.75 Å². The second kappa shape index (κ2) is 7.85. The lowest BCUT2D eigenvalue weighted by molar-refractivity contribution is -0.153. The molecule has 3 aliphatic rings. The van der Waals surface area contributed by atoms with Crippen molar-refractivity contribution >= 4 is 28.9 Å². The molecule has 1 aromatic carbocycles. The third kappa shape index (κ3) is 2.98. The van der Waals surface area contributed by atoms with Gasteiger partial charge >= 0.3 is 0 Å². The number of fused-ring (bicyclic) bond motifs is 3. The number of likely N-dealkylation sites (N-methyl/N-ethyl adjacent to an activating group) is 1. The summed E-state index contributed by atoms with van der Waals surface area (Å²) in [5, 5.41) is 44.1. The average Bonchev–Trinajstić information content (AvgIpc) is 2.75. The van der Waals surface area contributed by atoms with Crippen LogP contribution in [0.15, 0.2) is 29.0 Å². The van der Waals surface area contributed by atoms with Crippen LogP contribution in [0.25, 0.3) is 5.76 Å². The number of nitrogens with two attached hydrogens (primary N) is 1. The first-order valence-electron chi connectivity index (χ1n) is 11.1. The van der Waals surface area contributed by atoms with Crippen molar-refractivity contribution in [3.05, 3.63) is 40.2 Å². The van der Waals surface area contributed by atoms with Crippen LogP contribution in [0.3, 0.4) is 0 Å². The Labute approximate surface area is 196 Å². The fourth-order valence-electron chi connectivity index (χ4n) is 5.76. The number of carbonyl (C=O) groups is 3. The number of hydrogen-bond acceptors (Lipinski definition) is 9. The Balaban J connectivity index is 1.98. The van der Waals surface area contributed by atoms with Gasteiger partial charge in [-0.15, -0.1) is 0 Å². The van der Waals surface area contributed by atoms with Gasteiger partial charge in [0.15, 0.2) is 11.4 Å². The zero-order valence-electron chi connectivity index (χ0n) is 19.5. The minimum atomic E-state index is -2.63. The number of hydrogen-bond donors (Lipinski definition) is 5. The van der Waals surface area contributed by atoms with Crippen LogP contribution in [0, 0.1) is 11.8 Å². The molecule has 182 valence electrons. The van der Waals surface area contributed by atoms with Gasteiger partial charge in [0.25, 0.3) is 5.91 Å². The number of aromatic hydroxyl groups is 1. The summed E-state index contributed by atoms with van der Waals surface area (Å²) >= 11 is 0. The number of benzene rings is 1. The second-order valence-electron chi connectivity index (χ2n) is 9.43. The molecule has 10 nitrogen and oxygen atoms in total. The van der Waals surface area contributed by atoms with Crippen LogP contribution in [0.2, 0.25) is 0 Å². The van der Waals surface area contributed by atoms with Gasteiger partial charge in [0.2, 0.25) is 5.78 Å². The summed E-state index contributed by atoms with van der Waals surface area (Å²) in [6.45, 7) is 2.61. The van der Waals surface area contributed by atoms with E-state index in [1.54, 1.807) is 20.2 Å². The van der Waals surface area contributed by atoms with Crippen LogP contribution in [-0.2, 0) is 20.8 Å². The quantitative estimate of drug-likeness (QED) is 0.391. The van der Waals surface area contributed by atoms with E-state index in [-0.39, 0.29) is 29.7 Å². The highest BCUT2D eigenvalue weighted by atomic mass is 16.3. The van der Waals surface area contributed by atoms with E-state index < -0.39 is 58.0 Å². The van der Waals surface area contributed by atoms with Crippen LogP contribution in [-0.4, -0.2) is 82.1 Å². The van der Waals surface area contributed by atoms with Crippen molar-refractivity contribution in [2.75, 3.05) is 32.6 Å². The third-order valence-corrected chi connectivity index (χ3v) is 7.47. The van der Waals surface area contributed by atoms with Crippen molar-refractivity contribution in [1.29, 1.82) is 0 Å². The van der Waals surface area contributed by atoms with Gasteiger partial charge in [0, 0.05) is 30.8 Å². The van der Waals surface area contributed by atoms with Crippen LogP contribution in [0.1, 0.15) is 24.5 Å². The number of ketones is 2. The molecule has 1 fully saturated rings. The number of anilines is 1. The predicted molar refractivity (Wildman–Crippen MR) is 123 cm³/mol. The third-order valence-electron chi connectivity index (χ3n) is 7.47. The Kier molecular flexibility index (Phi) is 5.49. The number of nitrogens with zero attached hydrogens (tertiary/aromatic N) is 2. The Morgan fingerprint density at radius 3 is 2.38 bits per heavy atom. The zero-order chi connectivity index (χ0) is 25.3. The normalized spacial score (nSPS) is 28.6. The first-order chi connectivity index (χ1) is 15.9. The number of Topliss-reactive ketones (excluding diaryl/α,β-unsaturated/α-hetero) is 2. The molecule has 6 N–H and O–H groups in total. The van der Waals surface area contributed by atoms with E-state index in [4.69, 9.17) is 5.73 Å². The topological polar surface area (TPSA) is 165 Å². The van der Waals surface area contributed by atoms with E-state index in [0.717, 1.165) is 5.69 Å². The highest BCUT2D eigenvalue weighted by molar-refractivity contribution is 6.24. The first-order valence-corrected chi connectivity index (χ1v) is 11.1. The van der Waals surface area contributed by atoms with Crippen molar-refractivity contribution in [2.45, 2.75) is 31.4 Å². The maximum atomic E-state index is 13.7. The van der Waals surface area contributed by atoms with Crippen molar-refractivity contribution in [2.24, 2.45) is 17.6 Å². The van der Waals surface area contributed by atoms with Crippen LogP contribution in [0.4, 0.5) is 5.69 Å². The lowest BCUT2D eigenvalue weighted by Crippen LogP contribution is -2.65. The number of aliphatic hydroxyl groups is 3. The molecule has 0 heterocycles. The van der Waals surface area contributed by atoms with Crippen molar-refractivity contribution in [3.63, 3.8) is 0 Å². The minimum Gasteiger partial charge on any atom is -0.508 e. The monoisotopic (exact) mass is 471 g/mol. The molecule has 0 radical (unpaired) electrons. The van der Waals surface area contributed by atoms with E-state index in [0.29, 0.717) is 12.1 Å². The number of phenolic OH excluding ortho intramolecular Hbond substituents is 1. The van der Waals surface area contributed by atoms with E-state index in [2.05, 4.69) is 0 Å². The van der Waals surface area contributed by atoms with E-state index in [1.807, 2.05) is 18.9 Å². The van der Waals surface area contributed by atoms with Gasteiger partial charge in [-0.25, -0.2) is 0 Å². The maximum absolute atomic E-state index is 13.7. The predicted octanol–water partition coefficient (Wildman–Crippen LogP) is 0.420. The van der Waals surface area contributed by atoms with E-state index in [9.17, 15) is 34.8 Å². The molecule has 0 bridgehead atoms. The van der Waals surface area contributed by atoms with Crippen LogP contribution >= 0.6 is 0 Å². The van der Waals surface area contributed by atoms with Gasteiger partial charge in [-0.3, -0.25) is 19.3 Å². The molecular weight excluding hydrogens is 442 g/mol. The number of amides is 1. The lowest BCUT2D eigenvalue weighted by Gasteiger charge is -2.50. The number of rotatable bonds is 4. The summed E-state index contributed by atoms with van der Waals surface area (Å²) < 4.78 is 0. The minimum absolute atomic E-state index is 0.0662. The first kappa shape index (κ1) is 23.8. The smallest absolute Gasteiger partial charge is 0.255 e. The number of phenols is 1. The second-order valence-corrected chi connectivity index (χ2v) is 9.43. The van der Waals surface area contributed by atoms with Gasteiger partial charge in [-0.2, -0.15) is 0 Å². The molecule has 1 amide bonds. The van der Waals surface area contributed by atoms with Crippen molar-refractivity contribution < 1.29 is 34.8 Å². The molecule has 4 atom stereocenters. The van der Waals surface area contributed by atoms with Crippen molar-refractivity contribution in [1.82, 2.24) is 4.90 Å². The summed E-state index contributed by atoms with van der Waals surface area (Å²) in [6.07, 6.45) is 0.333. The molecule has 1 aromatic rings. The molecule has 0 spiro atoms. The summed E-state index contributed by atoms with van der Waals surface area (Å²) in [6, 6.07) is 2.06. The van der Waals surface area contributed by atoms with Gasteiger partial charge in [0.05, 0.1) is 11.6 Å². The van der Waals surface area contributed by atoms with Crippen LogP contribution in [0.5, 0.6) is 5.75 Å². The molecule has 10 heteroatoms. The number of aliphatic hydroxyl groups excluding tert-OH is 2. The molecule has 4 rings (SSSR count). The fourth-order valence-corrected chi connectivity index (χ4v) is 5.76. The number of primary amides is 1. The maximum Gasteiger partial charge on any atom is 0.255 e. The number of carbonyl (C=O) groups excluding carboxylic acids is 3. The molecule has 0 saturated heterocycles. The van der Waals surface area contributed by atoms with E-state index in [1.165, 1.54) is 11.0 Å². The standard InChI is InChI=1S/C24H29N3O7/c1-5-27(4)13-6-7-14(28)16-11(13)8-10-9-12-18(26(2)3)20(30)17(23(25)33)22(32)24(12,34)21(31)15(10)19(16)29/h6-7,10,12,18,28-29,32,34H,5,8-9H2,1-4H3,(H2,25,33)/t10-,12-,18-,24-/m1/s1. The van der Waals surface area contributed by atoms with Gasteiger partial charge in [-0.05, 0) is 57.5 Å². The molecule has 3 aliphatic carbocycles. The highest BCUT2D eigenvalue weighted by Gasteiger charge is 2.64. The van der Waals surface area contributed by atoms with Gasteiger partial charge in [0.1, 0.15) is 22.8 Å². The SMILES string of the molecule is CCN(C)c1ccc(O)c2c1C[C@@H]1C[C@@H]3[C@@H](N(C)C)C(=O)C(C(N)=O)=C(O)[C@]3(O)C(=O)C1=C2O. The molecule has 34 heavy (non-hydrogen) atoms. The van der Waals surface area contributed by atoms with Gasteiger partial charge < -0.3 is 31.1 Å². The lowest BCUT2D eigenvalue weighted by atomic mass is 9.57. The van der Waals surface area contributed by atoms with E-state index >= 15 is 0 Å². The summed E-state index contributed by atoms with van der Waals surface area (Å²) in [4.78, 5) is 42.2. The summed E-state index contributed by atoms with van der Waals surface area (Å²) in [7, 11) is 5.00. The molecule has 1 saturated carbocycles. The Hall–Kier alpha value is -3.37. The fraction of sp³-hybridized carbons (Fsp3) is 0.458. The molecule has 0 aliphatic heterocycles. The Morgan fingerprint density at radius 2 is 1.82 bits per heavy atom. The molecule has 0 aromatic heterocycles. The van der Waals surface area contributed by atoms with Crippen LogP contribution < -0.4 is 10.6 Å². The highest BCUT2D eigenvalue weighted by Crippen LogP contribution is 2.53. The Bertz CT molecular complexity index is 1190. The summed E-state index contributed by atoms with van der Waals surface area (Å²) in [5.41, 5.74) is 3.23. The Morgan fingerprint density at radius 1 is 1.18 bits per heavy atom.